The molecule has 0 saturated carbocycles. The van der Waals surface area contributed by atoms with Gasteiger partial charge in [0, 0.05) is 46.8 Å². The van der Waals surface area contributed by atoms with Gasteiger partial charge in [-0.2, -0.15) is 0 Å². The lowest BCUT2D eigenvalue weighted by Crippen LogP contribution is -2.29. The van der Waals surface area contributed by atoms with Gasteiger partial charge in [-0.15, -0.1) is 0 Å². The molecule has 1 amide bonds. The molecule has 0 aliphatic carbocycles. The largest absolute Gasteiger partial charge is 0.375 e. The van der Waals surface area contributed by atoms with Gasteiger partial charge in [-0.05, 0) is 98.7 Å². The standard InChI is InChI=1S/C30H30ClN5O2S/c1-18-16-23(20(3)35(18)26-10-7-8-24(31)19(26)2)29-28(25-9-5-6-15-32-25)34-30(39)36(29)22-13-11-21(12-14-22)33-27(37)17-38-4/h5-16,28-29H,17H2,1-4H3,(H,33,37)(H,34,39)/t28-,29-/m1/s1. The summed E-state index contributed by atoms with van der Waals surface area (Å²) < 4.78 is 7.17. The molecule has 1 aliphatic rings. The maximum atomic E-state index is 12.0. The normalized spacial score (nSPS) is 16.8. The fraction of sp³-hybridized carbons (Fsp3) is 0.233. The molecule has 0 radical (unpaired) electrons. The third kappa shape index (κ3) is 5.15. The lowest BCUT2D eigenvalue weighted by Gasteiger charge is -2.28. The van der Waals surface area contributed by atoms with Crippen molar-refractivity contribution >= 4 is 46.2 Å². The number of hydrogen-bond donors (Lipinski definition) is 2. The fourth-order valence-electron chi connectivity index (χ4n) is 5.28. The number of rotatable bonds is 7. The summed E-state index contributed by atoms with van der Waals surface area (Å²) in [6.07, 6.45) is 1.80. The molecule has 7 nitrogen and oxygen atoms in total. The van der Waals surface area contributed by atoms with Crippen molar-refractivity contribution in [3.63, 3.8) is 0 Å². The third-order valence-corrected chi connectivity index (χ3v) is 7.80. The van der Waals surface area contributed by atoms with Crippen molar-refractivity contribution in [2.45, 2.75) is 32.9 Å². The highest BCUT2D eigenvalue weighted by atomic mass is 35.5. The smallest absolute Gasteiger partial charge is 0.250 e. The molecule has 1 saturated heterocycles. The highest BCUT2D eigenvalue weighted by Gasteiger charge is 2.42. The van der Waals surface area contributed by atoms with Gasteiger partial charge in [0.15, 0.2) is 5.11 Å². The van der Waals surface area contributed by atoms with Crippen molar-refractivity contribution in [1.82, 2.24) is 14.9 Å². The first kappa shape index (κ1) is 26.9. The molecule has 0 unspecified atom stereocenters. The maximum absolute atomic E-state index is 12.0. The topological polar surface area (TPSA) is 71.4 Å². The molecular formula is C30H30ClN5O2S. The van der Waals surface area contributed by atoms with Crippen molar-refractivity contribution in [1.29, 1.82) is 0 Å². The molecule has 200 valence electrons. The van der Waals surface area contributed by atoms with Gasteiger partial charge in [-0.3, -0.25) is 9.78 Å². The Bertz CT molecular complexity index is 1520. The first-order valence-corrected chi connectivity index (χ1v) is 13.4. The van der Waals surface area contributed by atoms with Gasteiger partial charge in [0.05, 0.1) is 17.8 Å². The van der Waals surface area contributed by atoms with Gasteiger partial charge in [-0.25, -0.2) is 0 Å². The van der Waals surface area contributed by atoms with Crippen LogP contribution >= 0.6 is 23.8 Å². The van der Waals surface area contributed by atoms with Crippen LogP contribution in [0.2, 0.25) is 5.02 Å². The lowest BCUT2D eigenvalue weighted by molar-refractivity contribution is -0.119. The Hall–Kier alpha value is -3.72. The van der Waals surface area contributed by atoms with Crippen molar-refractivity contribution < 1.29 is 9.53 Å². The number of ether oxygens (including phenoxy) is 1. The molecule has 4 aromatic rings. The summed E-state index contributed by atoms with van der Waals surface area (Å²) >= 11 is 12.4. The highest BCUT2D eigenvalue weighted by molar-refractivity contribution is 7.80. The SMILES string of the molecule is COCC(=O)Nc1ccc(N2C(=S)N[C@H](c3ccccn3)[C@H]2c2cc(C)n(-c3cccc(Cl)c3C)c2C)cc1. The van der Waals surface area contributed by atoms with Gasteiger partial charge in [0.25, 0.3) is 0 Å². The summed E-state index contributed by atoms with van der Waals surface area (Å²) in [6, 6.07) is 21.4. The van der Waals surface area contributed by atoms with Crippen LogP contribution in [0.15, 0.2) is 72.9 Å². The van der Waals surface area contributed by atoms with Crippen LogP contribution in [0.3, 0.4) is 0 Å². The van der Waals surface area contributed by atoms with Crippen LogP contribution in [0.5, 0.6) is 0 Å². The Kier molecular flexibility index (Phi) is 7.70. The molecule has 2 atom stereocenters. The van der Waals surface area contributed by atoms with Gasteiger partial charge in [0.2, 0.25) is 5.91 Å². The van der Waals surface area contributed by atoms with E-state index in [0.29, 0.717) is 10.8 Å². The average molecular weight is 560 g/mol. The van der Waals surface area contributed by atoms with E-state index in [-0.39, 0.29) is 24.6 Å². The second-order valence-corrected chi connectivity index (χ2v) is 10.4. The molecule has 0 bridgehead atoms. The first-order chi connectivity index (χ1) is 18.8. The Balaban J connectivity index is 1.60. The number of nitrogens with zero attached hydrogens (tertiary/aromatic N) is 3. The molecule has 3 heterocycles. The number of benzene rings is 2. The summed E-state index contributed by atoms with van der Waals surface area (Å²) in [4.78, 5) is 18.8. The maximum Gasteiger partial charge on any atom is 0.250 e. The van der Waals surface area contributed by atoms with Crippen LogP contribution in [0.4, 0.5) is 11.4 Å². The van der Waals surface area contributed by atoms with Crippen LogP contribution in [-0.2, 0) is 9.53 Å². The van der Waals surface area contributed by atoms with Gasteiger partial charge >= 0.3 is 0 Å². The van der Waals surface area contributed by atoms with Gasteiger partial charge < -0.3 is 24.8 Å². The van der Waals surface area contributed by atoms with Crippen LogP contribution in [0.1, 0.15) is 40.3 Å². The monoisotopic (exact) mass is 559 g/mol. The van der Waals surface area contributed by atoms with E-state index in [1.807, 2.05) is 61.5 Å². The number of halogens is 1. The molecule has 0 spiro atoms. The Morgan fingerprint density at radius 1 is 1.10 bits per heavy atom. The molecule has 1 fully saturated rings. The summed E-state index contributed by atoms with van der Waals surface area (Å²) in [5.41, 5.74) is 7.90. The molecule has 39 heavy (non-hydrogen) atoms. The average Bonchev–Trinajstić information content (AvgIpc) is 3.42. The lowest BCUT2D eigenvalue weighted by atomic mass is 9.96. The molecule has 2 N–H and O–H groups in total. The second-order valence-electron chi connectivity index (χ2n) is 9.57. The number of hydrogen-bond acceptors (Lipinski definition) is 4. The van der Waals surface area contributed by atoms with E-state index in [4.69, 9.17) is 28.6 Å². The van der Waals surface area contributed by atoms with Gasteiger partial charge in [-0.1, -0.05) is 23.7 Å². The summed E-state index contributed by atoms with van der Waals surface area (Å²) in [5.74, 6) is -0.208. The van der Waals surface area contributed by atoms with Crippen LogP contribution in [0, 0.1) is 20.8 Å². The van der Waals surface area contributed by atoms with E-state index in [9.17, 15) is 4.79 Å². The summed E-state index contributed by atoms with van der Waals surface area (Å²) in [6.45, 7) is 6.27. The van der Waals surface area contributed by atoms with Crippen molar-refractivity contribution in [3.8, 4) is 5.69 Å². The van der Waals surface area contributed by atoms with Crippen LogP contribution < -0.4 is 15.5 Å². The third-order valence-electron chi connectivity index (χ3n) is 7.07. The number of carbonyl (C=O) groups is 1. The minimum atomic E-state index is -0.208. The number of aromatic nitrogens is 2. The first-order valence-electron chi connectivity index (χ1n) is 12.6. The zero-order chi connectivity index (χ0) is 27.7. The fourth-order valence-corrected chi connectivity index (χ4v) is 5.79. The number of aryl methyl sites for hydroxylation is 1. The number of thiocarbonyl (C=S) groups is 1. The Morgan fingerprint density at radius 3 is 2.56 bits per heavy atom. The number of methoxy groups -OCH3 is 1. The van der Waals surface area contributed by atoms with E-state index in [2.05, 4.69) is 51.1 Å². The minimum Gasteiger partial charge on any atom is -0.375 e. The van der Waals surface area contributed by atoms with Crippen molar-refractivity contribution in [2.24, 2.45) is 0 Å². The molecule has 2 aromatic heterocycles. The molecule has 2 aromatic carbocycles. The number of nitrogens with one attached hydrogen (secondary N) is 2. The van der Waals surface area contributed by atoms with E-state index >= 15 is 0 Å². The minimum absolute atomic E-state index is 0.00255. The van der Waals surface area contributed by atoms with Crippen LogP contribution in [0.25, 0.3) is 5.69 Å². The highest BCUT2D eigenvalue weighted by Crippen LogP contribution is 2.44. The van der Waals surface area contributed by atoms with E-state index in [1.165, 1.54) is 7.11 Å². The van der Waals surface area contributed by atoms with E-state index < -0.39 is 0 Å². The zero-order valence-electron chi connectivity index (χ0n) is 22.2. The van der Waals surface area contributed by atoms with Gasteiger partial charge in [0.1, 0.15) is 6.61 Å². The van der Waals surface area contributed by atoms with Crippen molar-refractivity contribution in [2.75, 3.05) is 23.9 Å². The predicted molar refractivity (Wildman–Crippen MR) is 160 cm³/mol. The number of carbonyl (C=O) groups excluding carboxylic acids is 1. The van der Waals surface area contributed by atoms with Crippen LogP contribution in [-0.4, -0.2) is 34.3 Å². The molecule has 1 aliphatic heterocycles. The Labute approximate surface area is 238 Å². The molecule has 9 heteroatoms. The second kappa shape index (κ2) is 11.2. The quantitative estimate of drug-likeness (QED) is 0.262. The predicted octanol–water partition coefficient (Wildman–Crippen LogP) is 6.21. The summed E-state index contributed by atoms with van der Waals surface area (Å²) in [7, 11) is 1.49. The zero-order valence-corrected chi connectivity index (χ0v) is 23.8. The molecule has 5 rings (SSSR count). The summed E-state index contributed by atoms with van der Waals surface area (Å²) in [5, 5.41) is 7.71. The number of pyridine rings is 1. The van der Waals surface area contributed by atoms with Crippen molar-refractivity contribution in [3.05, 3.63) is 106 Å². The number of amides is 1. The molecular weight excluding hydrogens is 530 g/mol. The van der Waals surface area contributed by atoms with E-state index in [1.54, 1.807) is 6.20 Å². The van der Waals surface area contributed by atoms with E-state index in [0.717, 1.165) is 44.6 Å². The number of anilines is 2. The Morgan fingerprint density at radius 2 is 1.87 bits per heavy atom.